The molecule has 1 aliphatic rings. The molecule has 3 rings (SSSR count). The van der Waals surface area contributed by atoms with Gasteiger partial charge in [0.2, 0.25) is 0 Å². The van der Waals surface area contributed by atoms with Gasteiger partial charge < -0.3 is 15.0 Å². The van der Waals surface area contributed by atoms with Gasteiger partial charge in [0.25, 0.3) is 5.91 Å². The number of hydrogen-bond acceptors (Lipinski definition) is 3. The van der Waals surface area contributed by atoms with Gasteiger partial charge in [0.1, 0.15) is 11.5 Å². The Hall–Kier alpha value is -2.63. The predicted octanol–water partition coefficient (Wildman–Crippen LogP) is 2.75. The summed E-state index contributed by atoms with van der Waals surface area (Å²) in [6.45, 7) is 4.38. The number of aromatic amines is 1. The first kappa shape index (κ1) is 15.3. The number of hydrogen-bond donors (Lipinski definition) is 2. The third-order valence-corrected chi connectivity index (χ3v) is 4.16. The Morgan fingerprint density at radius 3 is 2.74 bits per heavy atom. The van der Waals surface area contributed by atoms with E-state index in [4.69, 9.17) is 0 Å². The Balaban J connectivity index is 1.95. The minimum atomic E-state index is -0.854. The molecule has 0 aliphatic carbocycles. The van der Waals surface area contributed by atoms with Crippen LogP contribution in [-0.4, -0.2) is 33.5 Å². The van der Waals surface area contributed by atoms with Crippen LogP contribution in [0.25, 0.3) is 0 Å². The van der Waals surface area contributed by atoms with Gasteiger partial charge in [-0.25, -0.2) is 4.98 Å². The molecule has 0 radical (unpaired) electrons. The van der Waals surface area contributed by atoms with Crippen molar-refractivity contribution in [1.29, 1.82) is 0 Å². The van der Waals surface area contributed by atoms with Crippen molar-refractivity contribution in [2.24, 2.45) is 0 Å². The number of carboxylic acids is 1. The van der Waals surface area contributed by atoms with Gasteiger partial charge in [-0.05, 0) is 18.1 Å². The van der Waals surface area contributed by atoms with Crippen LogP contribution in [0.1, 0.15) is 54.0 Å². The van der Waals surface area contributed by atoms with Gasteiger partial charge in [-0.1, -0.05) is 32.0 Å². The fraction of sp³-hybridized carbons (Fsp3) is 0.353. The van der Waals surface area contributed by atoms with E-state index in [1.807, 2.05) is 19.9 Å². The van der Waals surface area contributed by atoms with Crippen LogP contribution in [-0.2, 0) is 4.79 Å². The van der Waals surface area contributed by atoms with E-state index in [0.29, 0.717) is 29.9 Å². The molecule has 0 saturated heterocycles. The first-order chi connectivity index (χ1) is 11.0. The Morgan fingerprint density at radius 1 is 1.35 bits per heavy atom. The zero-order valence-electron chi connectivity index (χ0n) is 13.1. The first-order valence-corrected chi connectivity index (χ1v) is 7.67. The van der Waals surface area contributed by atoms with Gasteiger partial charge in [0.15, 0.2) is 0 Å². The molecular formula is C17H19N3O3. The number of H-pyrrole nitrogens is 1. The molecule has 0 saturated carbocycles. The molecule has 0 fully saturated rings. The molecule has 1 aromatic carbocycles. The smallest absolute Gasteiger partial charge is 0.311 e. The maximum absolute atomic E-state index is 12.8. The molecule has 1 aliphatic heterocycles. The van der Waals surface area contributed by atoms with Gasteiger partial charge in [-0.15, -0.1) is 0 Å². The molecule has 1 unspecified atom stereocenters. The maximum Gasteiger partial charge on any atom is 0.311 e. The lowest BCUT2D eigenvalue weighted by atomic mass is 9.90. The molecule has 1 atom stereocenters. The predicted molar refractivity (Wildman–Crippen MR) is 85.8 cm³/mol. The molecule has 1 amide bonds. The molecule has 2 N–H and O–H groups in total. The van der Waals surface area contributed by atoms with E-state index in [2.05, 4.69) is 9.97 Å². The number of nitrogens with zero attached hydrogens (tertiary/aromatic N) is 2. The quantitative estimate of drug-likeness (QED) is 0.912. The van der Waals surface area contributed by atoms with E-state index in [0.717, 1.165) is 5.82 Å². The minimum absolute atomic E-state index is 0.180. The molecule has 2 heterocycles. The van der Waals surface area contributed by atoms with Crippen LogP contribution in [0.2, 0.25) is 0 Å². The Kier molecular flexibility index (Phi) is 3.90. The minimum Gasteiger partial charge on any atom is -0.481 e. The van der Waals surface area contributed by atoms with Crippen LogP contribution in [0, 0.1) is 0 Å². The molecule has 120 valence electrons. The van der Waals surface area contributed by atoms with Crippen molar-refractivity contribution in [3.05, 3.63) is 47.5 Å². The normalized spacial score (nSPS) is 17.2. The number of nitrogens with one attached hydrogen (secondary N) is 1. The van der Waals surface area contributed by atoms with Gasteiger partial charge >= 0.3 is 5.97 Å². The third-order valence-electron chi connectivity index (χ3n) is 4.16. The van der Waals surface area contributed by atoms with E-state index < -0.39 is 11.9 Å². The van der Waals surface area contributed by atoms with Crippen molar-refractivity contribution in [2.75, 3.05) is 11.4 Å². The third kappa shape index (κ3) is 2.72. The number of carboxylic acid groups (broad SMARTS) is 1. The monoisotopic (exact) mass is 313 g/mol. The summed E-state index contributed by atoms with van der Waals surface area (Å²) in [5.41, 5.74) is 1.78. The second kappa shape index (κ2) is 5.87. The number of fused-ring (bicyclic) bond motifs is 1. The van der Waals surface area contributed by atoms with Gasteiger partial charge in [-0.3, -0.25) is 9.59 Å². The Bertz CT molecular complexity index is 751. The van der Waals surface area contributed by atoms with Crippen LogP contribution in [0.15, 0.2) is 30.5 Å². The van der Waals surface area contributed by atoms with Crippen molar-refractivity contribution in [3.8, 4) is 0 Å². The molecule has 0 bridgehead atoms. The van der Waals surface area contributed by atoms with Gasteiger partial charge in [-0.2, -0.15) is 0 Å². The number of benzene rings is 1. The van der Waals surface area contributed by atoms with Crippen molar-refractivity contribution in [2.45, 2.75) is 32.1 Å². The van der Waals surface area contributed by atoms with Gasteiger partial charge in [0.05, 0.1) is 12.1 Å². The number of anilines is 1. The average Bonchev–Trinajstić information content (AvgIpc) is 3.03. The molecular weight excluding hydrogens is 294 g/mol. The van der Waals surface area contributed by atoms with Crippen molar-refractivity contribution < 1.29 is 14.7 Å². The number of aliphatic carboxylic acids is 1. The first-order valence-electron chi connectivity index (χ1n) is 7.67. The number of para-hydroxylation sites is 1. The fourth-order valence-corrected chi connectivity index (χ4v) is 2.91. The lowest BCUT2D eigenvalue weighted by Crippen LogP contribution is -2.38. The highest BCUT2D eigenvalue weighted by atomic mass is 16.4. The Labute approximate surface area is 134 Å². The van der Waals surface area contributed by atoms with Gasteiger partial charge in [0, 0.05) is 18.2 Å². The highest BCUT2D eigenvalue weighted by Gasteiger charge is 2.33. The molecule has 23 heavy (non-hydrogen) atoms. The molecule has 1 aromatic heterocycles. The van der Waals surface area contributed by atoms with Crippen LogP contribution in [0.3, 0.4) is 0 Å². The summed E-state index contributed by atoms with van der Waals surface area (Å²) < 4.78 is 0. The van der Waals surface area contributed by atoms with Crippen LogP contribution < -0.4 is 4.90 Å². The standard InChI is InChI=1S/C17H19N3O3/c1-10(2)15-18-9-13(19-15)16(21)20-8-7-12(17(22)23)11-5-3-4-6-14(11)20/h3-6,9-10,12H,7-8H2,1-2H3,(H,18,19)(H,22,23). The van der Waals surface area contributed by atoms with Crippen LogP contribution >= 0.6 is 0 Å². The average molecular weight is 313 g/mol. The van der Waals surface area contributed by atoms with Crippen molar-refractivity contribution in [1.82, 2.24) is 9.97 Å². The lowest BCUT2D eigenvalue weighted by molar-refractivity contribution is -0.139. The summed E-state index contributed by atoms with van der Waals surface area (Å²) in [5, 5.41) is 9.37. The fourth-order valence-electron chi connectivity index (χ4n) is 2.91. The van der Waals surface area contributed by atoms with E-state index in [1.165, 1.54) is 0 Å². The highest BCUT2D eigenvalue weighted by molar-refractivity contribution is 6.06. The number of aromatic nitrogens is 2. The molecule has 2 aromatic rings. The highest BCUT2D eigenvalue weighted by Crippen LogP contribution is 2.36. The molecule has 0 spiro atoms. The zero-order chi connectivity index (χ0) is 16.6. The topological polar surface area (TPSA) is 86.3 Å². The number of rotatable bonds is 3. The Morgan fingerprint density at radius 2 is 2.09 bits per heavy atom. The molecule has 6 nitrogen and oxygen atoms in total. The lowest BCUT2D eigenvalue weighted by Gasteiger charge is -2.32. The number of amides is 1. The van der Waals surface area contributed by atoms with E-state index in [-0.39, 0.29) is 11.8 Å². The summed E-state index contributed by atoms with van der Waals surface area (Å²) in [6.07, 6.45) is 1.95. The second-order valence-electron chi connectivity index (χ2n) is 6.03. The van der Waals surface area contributed by atoms with Crippen LogP contribution in [0.5, 0.6) is 0 Å². The number of carbonyl (C=O) groups excluding carboxylic acids is 1. The van der Waals surface area contributed by atoms with Crippen LogP contribution in [0.4, 0.5) is 5.69 Å². The number of imidazole rings is 1. The summed E-state index contributed by atoms with van der Waals surface area (Å²) in [4.78, 5) is 33.1. The van der Waals surface area contributed by atoms with Crippen molar-refractivity contribution in [3.63, 3.8) is 0 Å². The van der Waals surface area contributed by atoms with E-state index in [1.54, 1.807) is 29.3 Å². The SMILES string of the molecule is CC(C)c1ncc(C(=O)N2CCC(C(=O)O)c3ccccc32)[nH]1. The van der Waals surface area contributed by atoms with E-state index >= 15 is 0 Å². The molecule has 6 heteroatoms. The summed E-state index contributed by atoms with van der Waals surface area (Å²) in [7, 11) is 0. The zero-order valence-corrected chi connectivity index (χ0v) is 13.1. The summed E-state index contributed by atoms with van der Waals surface area (Å²) in [6, 6.07) is 7.19. The summed E-state index contributed by atoms with van der Waals surface area (Å²) in [5.74, 6) is -0.624. The van der Waals surface area contributed by atoms with Crippen molar-refractivity contribution >= 4 is 17.6 Å². The van der Waals surface area contributed by atoms with E-state index in [9.17, 15) is 14.7 Å². The second-order valence-corrected chi connectivity index (χ2v) is 6.03. The summed E-state index contributed by atoms with van der Waals surface area (Å²) >= 11 is 0. The maximum atomic E-state index is 12.8. The number of carbonyl (C=O) groups is 2. The largest absolute Gasteiger partial charge is 0.481 e.